The fourth-order valence-corrected chi connectivity index (χ4v) is 3.91. The molecule has 2 aromatic carbocycles. The van der Waals surface area contributed by atoms with Gasteiger partial charge in [-0.3, -0.25) is 14.8 Å². The highest BCUT2D eigenvalue weighted by molar-refractivity contribution is 5.84. The minimum atomic E-state index is -1.91. The smallest absolute Gasteiger partial charge is 0.270 e. The van der Waals surface area contributed by atoms with Crippen LogP contribution in [0.3, 0.4) is 0 Å². The molecule has 4 aromatic rings. The summed E-state index contributed by atoms with van der Waals surface area (Å²) >= 11 is 0. The Morgan fingerprint density at radius 3 is 2.66 bits per heavy atom. The van der Waals surface area contributed by atoms with E-state index in [1.165, 1.54) is 40.2 Å². The van der Waals surface area contributed by atoms with Gasteiger partial charge in [0.2, 0.25) is 0 Å². The number of aromatic nitrogens is 5. The van der Waals surface area contributed by atoms with E-state index in [2.05, 4.69) is 15.2 Å². The normalized spacial score (nSPS) is 14.4. The van der Waals surface area contributed by atoms with Crippen LogP contribution in [0, 0.1) is 21.7 Å². The maximum atomic E-state index is 14.8. The predicted molar refractivity (Wildman–Crippen MR) is 111 cm³/mol. The fourth-order valence-electron chi connectivity index (χ4n) is 3.91. The van der Waals surface area contributed by atoms with Crippen molar-refractivity contribution in [1.82, 2.24) is 24.5 Å². The number of aliphatic hydroxyl groups is 1. The van der Waals surface area contributed by atoms with Crippen molar-refractivity contribution in [1.29, 1.82) is 0 Å². The number of rotatable bonds is 7. The van der Waals surface area contributed by atoms with Crippen molar-refractivity contribution < 1.29 is 18.8 Å². The van der Waals surface area contributed by atoms with Crippen LogP contribution in [-0.2, 0) is 18.6 Å². The zero-order valence-electron chi connectivity index (χ0n) is 17.3. The Kier molecular flexibility index (Phi) is 5.43. The number of non-ortho nitro benzene ring substituents is 1. The monoisotopic (exact) mass is 442 g/mol. The predicted octanol–water partition coefficient (Wildman–Crippen LogP) is 3.53. The minimum Gasteiger partial charge on any atom is -0.381 e. The lowest BCUT2D eigenvalue weighted by molar-refractivity contribution is -0.384. The third kappa shape index (κ3) is 3.60. The second-order valence-corrected chi connectivity index (χ2v) is 7.52. The summed E-state index contributed by atoms with van der Waals surface area (Å²) in [4.78, 5) is 14.6. The van der Waals surface area contributed by atoms with Crippen molar-refractivity contribution >= 4 is 16.6 Å². The molecule has 1 N–H and O–H groups in total. The van der Waals surface area contributed by atoms with Gasteiger partial charge in [-0.05, 0) is 25.5 Å². The molecule has 2 atom stereocenters. The first-order valence-corrected chi connectivity index (χ1v) is 9.90. The van der Waals surface area contributed by atoms with Crippen LogP contribution in [0.1, 0.15) is 31.1 Å². The first-order chi connectivity index (χ1) is 15.2. The van der Waals surface area contributed by atoms with E-state index in [9.17, 15) is 24.0 Å². The molecular formula is C21H20F2N6O3. The van der Waals surface area contributed by atoms with Gasteiger partial charge in [-0.15, -0.1) is 0 Å². The average Bonchev–Trinajstić information content (AvgIpc) is 3.39. The van der Waals surface area contributed by atoms with Crippen LogP contribution in [0.5, 0.6) is 0 Å². The van der Waals surface area contributed by atoms with Crippen LogP contribution < -0.4 is 0 Å². The second-order valence-electron chi connectivity index (χ2n) is 7.52. The zero-order chi connectivity index (χ0) is 23.0. The molecule has 0 aliphatic rings. The summed E-state index contributed by atoms with van der Waals surface area (Å²) < 4.78 is 31.3. The Labute approximate surface area is 181 Å². The van der Waals surface area contributed by atoms with Gasteiger partial charge in [0.05, 0.1) is 28.7 Å². The van der Waals surface area contributed by atoms with E-state index in [-0.39, 0.29) is 17.8 Å². The summed E-state index contributed by atoms with van der Waals surface area (Å²) in [5, 5.41) is 32.2. The number of nitro groups is 1. The van der Waals surface area contributed by atoms with Gasteiger partial charge in [0.25, 0.3) is 5.69 Å². The summed E-state index contributed by atoms with van der Waals surface area (Å²) in [7, 11) is 0. The SMILES string of the molecule is CCc1nn([C@H](C)[C@](O)(Cn2cncn2)c2ccc(F)cc2F)c2ccc([N+](=O)[O-])cc12. The maximum absolute atomic E-state index is 14.8. The van der Waals surface area contributed by atoms with E-state index in [1.54, 1.807) is 13.0 Å². The van der Waals surface area contributed by atoms with Gasteiger partial charge in [0, 0.05) is 29.1 Å². The van der Waals surface area contributed by atoms with Crippen molar-refractivity contribution in [3.8, 4) is 0 Å². The summed E-state index contributed by atoms with van der Waals surface area (Å²) in [6.07, 6.45) is 3.15. The van der Waals surface area contributed by atoms with Gasteiger partial charge >= 0.3 is 0 Å². The van der Waals surface area contributed by atoms with Gasteiger partial charge in [0.15, 0.2) is 0 Å². The number of fused-ring (bicyclic) bond motifs is 1. The van der Waals surface area contributed by atoms with Gasteiger partial charge in [-0.25, -0.2) is 18.4 Å². The number of nitro benzene ring substituents is 1. The highest BCUT2D eigenvalue weighted by Crippen LogP contribution is 2.39. The van der Waals surface area contributed by atoms with Crippen molar-refractivity contribution in [2.24, 2.45) is 0 Å². The van der Waals surface area contributed by atoms with Gasteiger partial charge < -0.3 is 5.11 Å². The van der Waals surface area contributed by atoms with Gasteiger partial charge in [-0.1, -0.05) is 13.0 Å². The minimum absolute atomic E-state index is 0.0816. The number of nitrogens with zero attached hydrogens (tertiary/aromatic N) is 6. The molecule has 0 fully saturated rings. The standard InChI is InChI=1S/C21H20F2N6O3/c1-3-19-16-9-15(29(31)32)5-7-20(16)28(26-19)13(2)21(30,10-27-12-24-11-25-27)17-6-4-14(22)8-18(17)23/h4-9,11-13,30H,3,10H2,1-2H3/t13-,21-/m1/s1. The van der Waals surface area contributed by atoms with Gasteiger partial charge in [-0.2, -0.15) is 10.2 Å². The van der Waals surface area contributed by atoms with E-state index in [4.69, 9.17) is 0 Å². The van der Waals surface area contributed by atoms with Crippen LogP contribution in [0.2, 0.25) is 0 Å². The molecule has 0 unspecified atom stereocenters. The molecule has 9 nitrogen and oxygen atoms in total. The summed E-state index contributed by atoms with van der Waals surface area (Å²) in [5.74, 6) is -1.69. The average molecular weight is 442 g/mol. The largest absolute Gasteiger partial charge is 0.381 e. The quantitative estimate of drug-likeness (QED) is 0.346. The van der Waals surface area contributed by atoms with Crippen molar-refractivity contribution in [3.63, 3.8) is 0 Å². The molecule has 0 radical (unpaired) electrons. The van der Waals surface area contributed by atoms with Gasteiger partial charge in [0.1, 0.15) is 29.9 Å². The highest BCUT2D eigenvalue weighted by Gasteiger charge is 2.41. The Morgan fingerprint density at radius 1 is 1.25 bits per heavy atom. The molecule has 0 amide bonds. The van der Waals surface area contributed by atoms with Crippen LogP contribution in [0.15, 0.2) is 49.1 Å². The summed E-state index contributed by atoms with van der Waals surface area (Å²) in [5.41, 5.74) is -0.984. The number of halogens is 2. The van der Waals surface area contributed by atoms with Crippen LogP contribution in [0.25, 0.3) is 10.9 Å². The molecule has 2 aromatic heterocycles. The first-order valence-electron chi connectivity index (χ1n) is 9.90. The molecule has 2 heterocycles. The third-order valence-corrected chi connectivity index (χ3v) is 5.64. The lowest BCUT2D eigenvalue weighted by Crippen LogP contribution is -2.41. The van der Waals surface area contributed by atoms with E-state index in [0.717, 1.165) is 6.07 Å². The summed E-state index contributed by atoms with van der Waals surface area (Å²) in [6.45, 7) is 3.32. The Hall–Kier alpha value is -3.73. The maximum Gasteiger partial charge on any atom is 0.270 e. The van der Waals surface area contributed by atoms with Crippen molar-refractivity contribution in [2.45, 2.75) is 38.5 Å². The molecule has 0 bridgehead atoms. The Morgan fingerprint density at radius 2 is 2.03 bits per heavy atom. The van der Waals surface area contributed by atoms with Crippen LogP contribution >= 0.6 is 0 Å². The lowest BCUT2D eigenvalue weighted by atomic mass is 9.86. The van der Waals surface area contributed by atoms with E-state index < -0.39 is 28.2 Å². The molecule has 0 spiro atoms. The van der Waals surface area contributed by atoms with E-state index in [0.29, 0.717) is 29.1 Å². The zero-order valence-corrected chi connectivity index (χ0v) is 17.3. The highest BCUT2D eigenvalue weighted by atomic mass is 19.1. The second kappa shape index (κ2) is 8.08. The fraction of sp³-hybridized carbons (Fsp3) is 0.286. The molecule has 0 aliphatic heterocycles. The molecule has 32 heavy (non-hydrogen) atoms. The van der Waals surface area contributed by atoms with E-state index >= 15 is 0 Å². The molecule has 0 saturated heterocycles. The van der Waals surface area contributed by atoms with Crippen LogP contribution in [0.4, 0.5) is 14.5 Å². The third-order valence-electron chi connectivity index (χ3n) is 5.64. The topological polar surface area (TPSA) is 112 Å². The number of hydrogen-bond donors (Lipinski definition) is 1. The molecule has 0 saturated carbocycles. The summed E-state index contributed by atoms with van der Waals surface area (Å²) in [6, 6.07) is 6.43. The molecule has 11 heteroatoms. The molecular weight excluding hydrogens is 422 g/mol. The number of benzene rings is 2. The first kappa shape index (κ1) is 21.5. The van der Waals surface area contributed by atoms with E-state index in [1.807, 2.05) is 6.92 Å². The Bertz CT molecular complexity index is 1290. The number of hydrogen-bond acceptors (Lipinski definition) is 6. The number of aryl methyl sites for hydroxylation is 1. The van der Waals surface area contributed by atoms with Crippen molar-refractivity contribution in [3.05, 3.63) is 82.1 Å². The molecule has 166 valence electrons. The lowest BCUT2D eigenvalue weighted by Gasteiger charge is -2.35. The Balaban J connectivity index is 1.90. The van der Waals surface area contributed by atoms with Crippen LogP contribution in [-0.4, -0.2) is 34.6 Å². The molecule has 4 rings (SSSR count). The van der Waals surface area contributed by atoms with Crippen molar-refractivity contribution in [2.75, 3.05) is 0 Å². The molecule has 0 aliphatic carbocycles.